The SMILES string of the molecule is Cl.O=C(O)C[C@@H]1CCCN(C2CCNCC2CO)C1. The molecule has 0 aromatic rings. The molecule has 112 valence electrons. The average molecular weight is 293 g/mol. The molecule has 5 nitrogen and oxygen atoms in total. The lowest BCUT2D eigenvalue weighted by molar-refractivity contribution is -0.138. The second-order valence-corrected chi connectivity index (χ2v) is 5.60. The summed E-state index contributed by atoms with van der Waals surface area (Å²) in [6, 6.07) is 0.424. The van der Waals surface area contributed by atoms with E-state index in [1.807, 2.05) is 0 Å². The third-order valence-electron chi connectivity index (χ3n) is 4.28. The largest absolute Gasteiger partial charge is 0.481 e. The molecule has 3 N–H and O–H groups in total. The zero-order chi connectivity index (χ0) is 13.0. The third kappa shape index (κ3) is 4.60. The van der Waals surface area contributed by atoms with Crippen LogP contribution in [0.25, 0.3) is 0 Å². The van der Waals surface area contributed by atoms with Crippen molar-refractivity contribution in [2.75, 3.05) is 32.8 Å². The normalized spacial score (nSPS) is 32.6. The molecule has 0 aromatic heterocycles. The Labute approximate surface area is 120 Å². The van der Waals surface area contributed by atoms with Crippen LogP contribution in [0.5, 0.6) is 0 Å². The van der Waals surface area contributed by atoms with Crippen LogP contribution in [0.2, 0.25) is 0 Å². The number of rotatable bonds is 4. The van der Waals surface area contributed by atoms with Gasteiger partial charge in [0.2, 0.25) is 0 Å². The monoisotopic (exact) mass is 292 g/mol. The maximum atomic E-state index is 10.8. The number of nitrogens with zero attached hydrogens (tertiary/aromatic N) is 1. The molecule has 2 aliphatic rings. The quantitative estimate of drug-likeness (QED) is 0.706. The number of carboxylic acids is 1. The van der Waals surface area contributed by atoms with Gasteiger partial charge in [-0.25, -0.2) is 0 Å². The van der Waals surface area contributed by atoms with E-state index in [1.165, 1.54) is 0 Å². The fraction of sp³-hybridized carbons (Fsp3) is 0.923. The van der Waals surface area contributed by atoms with Crippen molar-refractivity contribution in [1.82, 2.24) is 10.2 Å². The number of carboxylic acid groups (broad SMARTS) is 1. The standard InChI is InChI=1S/C13H24N2O3.ClH/c16-9-11-7-14-4-3-12(11)15-5-1-2-10(8-15)6-13(17)18;/h10-12,14,16H,1-9H2,(H,17,18);1H/t10-,11?,12?;/m0./s1. The molecule has 0 aromatic carbocycles. The molecule has 0 aliphatic carbocycles. The Morgan fingerprint density at radius 2 is 2.16 bits per heavy atom. The number of aliphatic hydroxyl groups excluding tert-OH is 1. The Balaban J connectivity index is 0.00000180. The predicted molar refractivity (Wildman–Crippen MR) is 75.6 cm³/mol. The summed E-state index contributed by atoms with van der Waals surface area (Å²) >= 11 is 0. The van der Waals surface area contributed by atoms with Crippen LogP contribution in [0.1, 0.15) is 25.7 Å². The smallest absolute Gasteiger partial charge is 0.303 e. The summed E-state index contributed by atoms with van der Waals surface area (Å²) in [6.45, 7) is 4.03. The zero-order valence-electron chi connectivity index (χ0n) is 11.3. The van der Waals surface area contributed by atoms with E-state index < -0.39 is 5.97 Å². The number of nitrogens with one attached hydrogen (secondary N) is 1. The molecule has 2 saturated heterocycles. The van der Waals surface area contributed by atoms with Crippen LogP contribution < -0.4 is 5.32 Å². The Hall–Kier alpha value is -0.360. The summed E-state index contributed by atoms with van der Waals surface area (Å²) in [5, 5.41) is 21.7. The summed E-state index contributed by atoms with van der Waals surface area (Å²) in [6.07, 6.45) is 3.45. The first kappa shape index (κ1) is 16.7. The third-order valence-corrected chi connectivity index (χ3v) is 4.28. The fourth-order valence-electron chi connectivity index (χ4n) is 3.39. The molecule has 19 heavy (non-hydrogen) atoms. The number of carbonyl (C=O) groups is 1. The van der Waals surface area contributed by atoms with Crippen LogP contribution >= 0.6 is 12.4 Å². The Kier molecular flexibility index (Phi) is 7.07. The van der Waals surface area contributed by atoms with Crippen LogP contribution in [0.15, 0.2) is 0 Å². The van der Waals surface area contributed by atoms with Crippen molar-refractivity contribution < 1.29 is 15.0 Å². The van der Waals surface area contributed by atoms with Gasteiger partial charge in [0.05, 0.1) is 0 Å². The van der Waals surface area contributed by atoms with E-state index in [2.05, 4.69) is 10.2 Å². The van der Waals surface area contributed by atoms with Crippen molar-refractivity contribution in [3.8, 4) is 0 Å². The van der Waals surface area contributed by atoms with E-state index in [1.54, 1.807) is 0 Å². The molecular weight excluding hydrogens is 268 g/mol. The van der Waals surface area contributed by atoms with Crippen molar-refractivity contribution in [2.45, 2.75) is 31.7 Å². The summed E-state index contributed by atoms with van der Waals surface area (Å²) < 4.78 is 0. The van der Waals surface area contributed by atoms with Gasteiger partial charge in [0.25, 0.3) is 0 Å². The molecule has 6 heteroatoms. The van der Waals surface area contributed by atoms with Gasteiger partial charge in [-0.1, -0.05) is 0 Å². The van der Waals surface area contributed by atoms with Gasteiger partial charge in [-0.2, -0.15) is 0 Å². The van der Waals surface area contributed by atoms with Crippen LogP contribution in [-0.2, 0) is 4.79 Å². The van der Waals surface area contributed by atoms with Crippen LogP contribution in [0.3, 0.4) is 0 Å². The van der Waals surface area contributed by atoms with E-state index in [0.717, 1.165) is 45.4 Å². The number of aliphatic hydroxyl groups is 1. The number of aliphatic carboxylic acids is 1. The number of hydrogen-bond donors (Lipinski definition) is 3. The lowest BCUT2D eigenvalue weighted by Gasteiger charge is -2.43. The molecule has 3 atom stereocenters. The number of piperidine rings is 2. The summed E-state index contributed by atoms with van der Waals surface area (Å²) in [5.74, 6) is -0.112. The van der Waals surface area contributed by atoms with Crippen LogP contribution in [0.4, 0.5) is 0 Å². The van der Waals surface area contributed by atoms with Crippen molar-refractivity contribution in [1.29, 1.82) is 0 Å². The topological polar surface area (TPSA) is 72.8 Å². The number of likely N-dealkylation sites (tertiary alicyclic amines) is 1. The average Bonchev–Trinajstić information content (AvgIpc) is 2.38. The molecule has 2 fully saturated rings. The minimum atomic E-state index is -0.689. The number of halogens is 1. The first-order valence-electron chi connectivity index (χ1n) is 6.98. The van der Waals surface area contributed by atoms with Gasteiger partial charge >= 0.3 is 5.97 Å². The van der Waals surface area contributed by atoms with E-state index >= 15 is 0 Å². The van der Waals surface area contributed by atoms with Crippen molar-refractivity contribution >= 4 is 18.4 Å². The van der Waals surface area contributed by atoms with Crippen molar-refractivity contribution in [3.63, 3.8) is 0 Å². The van der Waals surface area contributed by atoms with Crippen LogP contribution in [0, 0.1) is 11.8 Å². The second kappa shape index (κ2) is 8.04. The fourth-order valence-corrected chi connectivity index (χ4v) is 3.39. The highest BCUT2D eigenvalue weighted by atomic mass is 35.5. The maximum Gasteiger partial charge on any atom is 0.303 e. The van der Waals surface area contributed by atoms with Crippen molar-refractivity contribution in [3.05, 3.63) is 0 Å². The van der Waals surface area contributed by atoms with E-state index in [4.69, 9.17) is 5.11 Å². The molecule has 2 rings (SSSR count). The van der Waals surface area contributed by atoms with Gasteiger partial charge in [-0.05, 0) is 38.3 Å². The highest BCUT2D eigenvalue weighted by Crippen LogP contribution is 2.26. The summed E-state index contributed by atoms with van der Waals surface area (Å²) in [5.41, 5.74) is 0. The van der Waals surface area contributed by atoms with Gasteiger partial charge < -0.3 is 15.5 Å². The molecule has 2 heterocycles. The molecule has 2 aliphatic heterocycles. The zero-order valence-corrected chi connectivity index (χ0v) is 12.1. The van der Waals surface area contributed by atoms with Gasteiger partial charge in [0.15, 0.2) is 0 Å². The van der Waals surface area contributed by atoms with E-state index in [9.17, 15) is 9.90 Å². The van der Waals surface area contributed by atoms with Crippen molar-refractivity contribution in [2.24, 2.45) is 11.8 Å². The Morgan fingerprint density at radius 1 is 1.37 bits per heavy atom. The first-order valence-corrected chi connectivity index (χ1v) is 6.98. The highest BCUT2D eigenvalue weighted by Gasteiger charge is 2.33. The molecule has 0 saturated carbocycles. The molecule has 0 radical (unpaired) electrons. The second-order valence-electron chi connectivity index (χ2n) is 5.60. The first-order chi connectivity index (χ1) is 8.70. The molecule has 0 amide bonds. The summed E-state index contributed by atoms with van der Waals surface area (Å²) in [4.78, 5) is 13.2. The molecular formula is C13H25ClN2O3. The van der Waals surface area contributed by atoms with E-state index in [0.29, 0.717) is 12.0 Å². The highest BCUT2D eigenvalue weighted by molar-refractivity contribution is 5.85. The number of hydrogen-bond acceptors (Lipinski definition) is 4. The molecule has 0 bridgehead atoms. The molecule has 0 spiro atoms. The Bertz CT molecular complexity index is 291. The van der Waals surface area contributed by atoms with Gasteiger partial charge in [-0.15, -0.1) is 12.4 Å². The van der Waals surface area contributed by atoms with Gasteiger partial charge in [0, 0.05) is 38.1 Å². The van der Waals surface area contributed by atoms with Crippen LogP contribution in [-0.4, -0.2) is 59.9 Å². The minimum Gasteiger partial charge on any atom is -0.481 e. The molecule has 2 unspecified atom stereocenters. The van der Waals surface area contributed by atoms with Gasteiger partial charge in [-0.3, -0.25) is 9.69 Å². The maximum absolute atomic E-state index is 10.8. The Morgan fingerprint density at radius 3 is 2.84 bits per heavy atom. The minimum absolute atomic E-state index is 0. The summed E-state index contributed by atoms with van der Waals surface area (Å²) in [7, 11) is 0. The lowest BCUT2D eigenvalue weighted by atomic mass is 9.88. The van der Waals surface area contributed by atoms with E-state index in [-0.39, 0.29) is 31.4 Å². The lowest BCUT2D eigenvalue weighted by Crippen LogP contribution is -2.53. The van der Waals surface area contributed by atoms with Gasteiger partial charge in [0.1, 0.15) is 0 Å². The predicted octanol–water partition coefficient (Wildman–Crippen LogP) is 0.565.